The monoisotopic (exact) mass is 224 g/mol. The molecule has 0 aromatic carbocycles. The van der Waals surface area contributed by atoms with Crippen molar-refractivity contribution in [3.05, 3.63) is 0 Å². The van der Waals surface area contributed by atoms with Crippen LogP contribution in [-0.2, 0) is 0 Å². The van der Waals surface area contributed by atoms with E-state index in [-0.39, 0.29) is 23.6 Å². The highest BCUT2D eigenvalue weighted by atomic mass is 79.9. The van der Waals surface area contributed by atoms with Crippen molar-refractivity contribution < 1.29 is 5.11 Å². The van der Waals surface area contributed by atoms with E-state index < -0.39 is 0 Å². The van der Waals surface area contributed by atoms with Crippen LogP contribution in [-0.4, -0.2) is 24.0 Å². The van der Waals surface area contributed by atoms with E-state index in [1.54, 1.807) is 0 Å². The van der Waals surface area contributed by atoms with Crippen molar-refractivity contribution in [2.45, 2.75) is 25.7 Å². The van der Waals surface area contributed by atoms with E-state index in [2.05, 4.69) is 0 Å². The predicted octanol–water partition coefficient (Wildman–Crippen LogP) is 1.10. The minimum atomic E-state index is 0. The molecule has 4 heteroatoms. The number of aliphatic hydroxyl groups is 1. The van der Waals surface area contributed by atoms with Gasteiger partial charge in [-0.1, -0.05) is 0 Å². The fraction of sp³-hybridized carbons (Fsp3) is 0.857. The Balaban J connectivity index is 0. The molecule has 0 amide bonds. The molecule has 0 atom stereocenters. The van der Waals surface area contributed by atoms with Gasteiger partial charge in [0.05, 0.1) is 0 Å². The highest BCUT2D eigenvalue weighted by molar-refractivity contribution is 8.93. The average Bonchev–Trinajstić information content (AvgIpc) is 1.97. The van der Waals surface area contributed by atoms with Gasteiger partial charge in [-0.3, -0.25) is 0 Å². The largest absolute Gasteiger partial charge is 0.396 e. The Labute approximate surface area is 78.3 Å². The minimum absolute atomic E-state index is 0. The van der Waals surface area contributed by atoms with Crippen molar-refractivity contribution in [3.8, 4) is 0 Å². The maximum absolute atomic E-state index is 8.42. The first-order valence-electron chi connectivity index (χ1n) is 3.68. The zero-order chi connectivity index (χ0) is 7.82. The molecule has 0 aliphatic rings. The Morgan fingerprint density at radius 1 is 1.27 bits per heavy atom. The van der Waals surface area contributed by atoms with E-state index in [1.165, 1.54) is 0 Å². The normalized spacial score (nSPS) is 8.91. The van der Waals surface area contributed by atoms with Gasteiger partial charge in [-0.2, -0.15) is 0 Å². The van der Waals surface area contributed by atoms with Gasteiger partial charge in [-0.05, 0) is 32.2 Å². The van der Waals surface area contributed by atoms with Crippen molar-refractivity contribution in [1.82, 2.24) is 0 Å². The topological polar surface area (TPSA) is 70.1 Å². The summed E-state index contributed by atoms with van der Waals surface area (Å²) < 4.78 is 0. The van der Waals surface area contributed by atoms with Crippen molar-refractivity contribution in [2.75, 3.05) is 13.2 Å². The molecule has 68 valence electrons. The van der Waals surface area contributed by atoms with Crippen LogP contribution >= 0.6 is 17.0 Å². The summed E-state index contributed by atoms with van der Waals surface area (Å²) in [6.45, 7) is 0.840. The average molecular weight is 225 g/mol. The second kappa shape index (κ2) is 10.1. The van der Waals surface area contributed by atoms with Crippen LogP contribution in [0.5, 0.6) is 0 Å². The number of hydrogen-bond donors (Lipinski definition) is 3. The molecule has 0 aliphatic heterocycles. The van der Waals surface area contributed by atoms with Crippen LogP contribution in [0, 0.1) is 5.41 Å². The van der Waals surface area contributed by atoms with Gasteiger partial charge in [0.1, 0.15) is 0 Å². The molecule has 3 nitrogen and oxygen atoms in total. The smallest absolute Gasteiger partial charge is 0.0434 e. The van der Waals surface area contributed by atoms with E-state index in [0.29, 0.717) is 18.7 Å². The number of nitrogens with two attached hydrogens (primary N) is 1. The van der Waals surface area contributed by atoms with Gasteiger partial charge in [0, 0.05) is 12.3 Å². The summed E-state index contributed by atoms with van der Waals surface area (Å²) in [7, 11) is 0. The lowest BCUT2D eigenvalue weighted by Gasteiger charge is -1.99. The molecular formula is C7H17BrN2O. The lowest BCUT2D eigenvalue weighted by molar-refractivity contribution is 0.291. The maximum Gasteiger partial charge on any atom is 0.0434 e. The van der Waals surface area contributed by atoms with E-state index in [4.69, 9.17) is 16.2 Å². The molecule has 0 fully saturated rings. The SMILES string of the molecule is Br.N=C(CCCN)CCCO. The Morgan fingerprint density at radius 3 is 2.27 bits per heavy atom. The minimum Gasteiger partial charge on any atom is -0.396 e. The van der Waals surface area contributed by atoms with Crippen LogP contribution in [0.4, 0.5) is 0 Å². The fourth-order valence-electron chi connectivity index (χ4n) is 0.733. The first-order chi connectivity index (χ1) is 4.81. The zero-order valence-corrected chi connectivity index (χ0v) is 8.39. The van der Waals surface area contributed by atoms with Gasteiger partial charge < -0.3 is 16.2 Å². The summed E-state index contributed by atoms with van der Waals surface area (Å²) in [6.07, 6.45) is 3.11. The molecule has 4 N–H and O–H groups in total. The van der Waals surface area contributed by atoms with Crippen molar-refractivity contribution in [3.63, 3.8) is 0 Å². The molecular weight excluding hydrogens is 208 g/mol. The van der Waals surface area contributed by atoms with Crippen LogP contribution in [0.1, 0.15) is 25.7 Å². The lowest BCUT2D eigenvalue weighted by Crippen LogP contribution is -2.04. The standard InChI is InChI=1S/C7H16N2O.BrH/c8-5-1-3-7(9)4-2-6-10;/h9-10H,1-6,8H2;1H. The Kier molecular flexibility index (Phi) is 12.5. The van der Waals surface area contributed by atoms with Crippen LogP contribution in [0.15, 0.2) is 0 Å². The van der Waals surface area contributed by atoms with Crippen LogP contribution in [0.2, 0.25) is 0 Å². The van der Waals surface area contributed by atoms with Crippen molar-refractivity contribution in [1.29, 1.82) is 5.41 Å². The molecule has 0 heterocycles. The highest BCUT2D eigenvalue weighted by Crippen LogP contribution is 1.96. The van der Waals surface area contributed by atoms with Gasteiger partial charge >= 0.3 is 0 Å². The summed E-state index contributed by atoms with van der Waals surface area (Å²) in [6, 6.07) is 0. The molecule has 0 aliphatic carbocycles. The Morgan fingerprint density at radius 2 is 1.82 bits per heavy atom. The third-order valence-electron chi connectivity index (χ3n) is 1.32. The first-order valence-corrected chi connectivity index (χ1v) is 3.68. The van der Waals surface area contributed by atoms with Crippen LogP contribution in [0.3, 0.4) is 0 Å². The summed E-state index contributed by atoms with van der Waals surface area (Å²) in [5.41, 5.74) is 5.97. The van der Waals surface area contributed by atoms with Gasteiger partial charge in [-0.25, -0.2) is 0 Å². The molecule has 0 saturated heterocycles. The number of rotatable bonds is 6. The maximum atomic E-state index is 8.42. The van der Waals surface area contributed by atoms with Gasteiger partial charge in [0.15, 0.2) is 0 Å². The molecule has 0 unspecified atom stereocenters. The first kappa shape index (κ1) is 13.6. The van der Waals surface area contributed by atoms with E-state index in [0.717, 1.165) is 19.3 Å². The predicted molar refractivity (Wildman–Crippen MR) is 52.7 cm³/mol. The number of hydrogen-bond acceptors (Lipinski definition) is 3. The molecule has 0 spiro atoms. The third-order valence-corrected chi connectivity index (χ3v) is 1.32. The van der Waals surface area contributed by atoms with E-state index in [9.17, 15) is 0 Å². The summed E-state index contributed by atoms with van der Waals surface area (Å²) in [5, 5.41) is 15.7. The zero-order valence-electron chi connectivity index (χ0n) is 6.68. The van der Waals surface area contributed by atoms with Crippen LogP contribution in [0.25, 0.3) is 0 Å². The summed E-state index contributed by atoms with van der Waals surface area (Å²) in [4.78, 5) is 0. The lowest BCUT2D eigenvalue weighted by atomic mass is 10.1. The molecule has 0 aromatic rings. The fourth-order valence-corrected chi connectivity index (χ4v) is 0.733. The highest BCUT2D eigenvalue weighted by Gasteiger charge is 1.94. The van der Waals surface area contributed by atoms with Gasteiger partial charge in [0.2, 0.25) is 0 Å². The third kappa shape index (κ3) is 10.1. The van der Waals surface area contributed by atoms with Gasteiger partial charge in [-0.15, -0.1) is 17.0 Å². The quantitative estimate of drug-likeness (QED) is 0.592. The Hall–Kier alpha value is 0.0700. The summed E-state index contributed by atoms with van der Waals surface area (Å²) >= 11 is 0. The Bertz CT molecular complexity index is 88.4. The molecule has 11 heavy (non-hydrogen) atoms. The van der Waals surface area contributed by atoms with Crippen molar-refractivity contribution >= 4 is 22.7 Å². The molecule has 0 aromatic heterocycles. The second-order valence-corrected chi connectivity index (χ2v) is 2.32. The summed E-state index contributed by atoms with van der Waals surface area (Å²) in [5.74, 6) is 0. The van der Waals surface area contributed by atoms with Crippen molar-refractivity contribution in [2.24, 2.45) is 5.73 Å². The molecule has 0 radical (unpaired) electrons. The number of halogens is 1. The van der Waals surface area contributed by atoms with Crippen LogP contribution < -0.4 is 5.73 Å². The van der Waals surface area contributed by atoms with E-state index in [1.807, 2.05) is 0 Å². The van der Waals surface area contributed by atoms with Gasteiger partial charge in [0.25, 0.3) is 0 Å². The number of aliphatic hydroxyl groups excluding tert-OH is 1. The second-order valence-electron chi connectivity index (χ2n) is 2.32. The molecule has 0 rings (SSSR count). The molecule has 0 saturated carbocycles. The van der Waals surface area contributed by atoms with E-state index >= 15 is 0 Å². The molecule has 0 bridgehead atoms. The number of nitrogens with one attached hydrogen (secondary N) is 1.